The fourth-order valence-corrected chi connectivity index (χ4v) is 6.88. The summed E-state index contributed by atoms with van der Waals surface area (Å²) in [4.78, 5) is 23.9. The van der Waals surface area contributed by atoms with Crippen molar-refractivity contribution in [2.45, 2.75) is 52.1 Å². The van der Waals surface area contributed by atoms with Crippen molar-refractivity contribution in [3.05, 3.63) is 81.6 Å². The molecule has 8 nitrogen and oxygen atoms in total. The van der Waals surface area contributed by atoms with Crippen molar-refractivity contribution in [2.75, 3.05) is 6.54 Å². The Bertz CT molecular complexity index is 1680. The summed E-state index contributed by atoms with van der Waals surface area (Å²) in [5.41, 5.74) is 7.95. The lowest BCUT2D eigenvalue weighted by Gasteiger charge is -2.25. The molecule has 0 fully saturated rings. The summed E-state index contributed by atoms with van der Waals surface area (Å²) in [6.45, 7) is 6.86. The summed E-state index contributed by atoms with van der Waals surface area (Å²) in [6, 6.07) is 10.8. The molecule has 0 saturated carbocycles. The van der Waals surface area contributed by atoms with Gasteiger partial charge in [-0.05, 0) is 76.0 Å². The Morgan fingerprint density at radius 2 is 2.13 bits per heavy atom. The Labute approximate surface area is 231 Å². The highest BCUT2D eigenvalue weighted by molar-refractivity contribution is 7.17. The SMILES string of the molecule is CC[C@H]1Cc2cccnc2CN(Cc2cc([C@@H](CC(=O)O)c3cnc4c(nnn4C)c3C)cc3ccsc23)C1. The molecular formula is C30H32N6O2S. The molecule has 0 spiro atoms. The fraction of sp³-hybridized carbons (Fsp3) is 0.367. The monoisotopic (exact) mass is 540 g/mol. The largest absolute Gasteiger partial charge is 0.481 e. The number of carboxylic acids is 1. The average molecular weight is 541 g/mol. The number of hydrogen-bond acceptors (Lipinski definition) is 7. The molecule has 39 heavy (non-hydrogen) atoms. The van der Waals surface area contributed by atoms with Gasteiger partial charge >= 0.3 is 5.97 Å². The number of carbonyl (C=O) groups is 1. The number of aliphatic carboxylic acids is 1. The maximum Gasteiger partial charge on any atom is 0.304 e. The summed E-state index contributed by atoms with van der Waals surface area (Å²) in [5, 5.41) is 21.6. The minimum Gasteiger partial charge on any atom is -0.481 e. The van der Waals surface area contributed by atoms with Gasteiger partial charge in [-0.2, -0.15) is 0 Å². The van der Waals surface area contributed by atoms with E-state index in [4.69, 9.17) is 4.98 Å². The van der Waals surface area contributed by atoms with Crippen LogP contribution in [0.1, 0.15) is 59.2 Å². The summed E-state index contributed by atoms with van der Waals surface area (Å²) in [6.07, 6.45) is 5.85. The van der Waals surface area contributed by atoms with Gasteiger partial charge in [-0.15, -0.1) is 16.4 Å². The van der Waals surface area contributed by atoms with Gasteiger partial charge < -0.3 is 5.11 Å². The normalized spacial score (nSPS) is 16.8. The van der Waals surface area contributed by atoms with Crippen LogP contribution in [-0.2, 0) is 31.4 Å². The molecule has 1 aliphatic heterocycles. The molecule has 6 rings (SSSR count). The molecule has 9 heteroatoms. The topological polar surface area (TPSA) is 97.0 Å². The van der Waals surface area contributed by atoms with Crippen LogP contribution < -0.4 is 0 Å². The minimum absolute atomic E-state index is 0.0255. The van der Waals surface area contributed by atoms with Crippen LogP contribution >= 0.6 is 11.3 Å². The molecule has 0 radical (unpaired) electrons. The first-order chi connectivity index (χ1) is 18.9. The van der Waals surface area contributed by atoms with Crippen molar-refractivity contribution in [1.29, 1.82) is 0 Å². The Balaban J connectivity index is 1.42. The molecule has 2 atom stereocenters. The van der Waals surface area contributed by atoms with Crippen molar-refractivity contribution in [1.82, 2.24) is 29.9 Å². The second kappa shape index (κ2) is 10.5. The zero-order valence-corrected chi connectivity index (χ0v) is 23.3. The Morgan fingerprint density at radius 3 is 2.95 bits per heavy atom. The molecule has 1 N–H and O–H groups in total. The zero-order chi connectivity index (χ0) is 27.1. The summed E-state index contributed by atoms with van der Waals surface area (Å²) >= 11 is 1.75. The molecule has 1 aliphatic rings. The van der Waals surface area contributed by atoms with Crippen LogP contribution in [0.4, 0.5) is 0 Å². The lowest BCUT2D eigenvalue weighted by molar-refractivity contribution is -0.137. The number of hydrogen-bond donors (Lipinski definition) is 1. The molecule has 4 aromatic heterocycles. The van der Waals surface area contributed by atoms with Crippen molar-refractivity contribution in [2.24, 2.45) is 13.0 Å². The van der Waals surface area contributed by atoms with Crippen LogP contribution in [0, 0.1) is 12.8 Å². The molecule has 5 heterocycles. The maximum atomic E-state index is 12.1. The van der Waals surface area contributed by atoms with E-state index in [1.165, 1.54) is 15.8 Å². The fourth-order valence-electron chi connectivity index (χ4n) is 5.99. The third-order valence-electron chi connectivity index (χ3n) is 8.07. The van der Waals surface area contributed by atoms with Gasteiger partial charge in [0.15, 0.2) is 5.65 Å². The van der Waals surface area contributed by atoms with Crippen molar-refractivity contribution in [3.8, 4) is 0 Å². The molecule has 200 valence electrons. The molecule has 0 amide bonds. The quantitative estimate of drug-likeness (QED) is 0.292. The van der Waals surface area contributed by atoms with E-state index in [0.717, 1.165) is 60.2 Å². The lowest BCUT2D eigenvalue weighted by Crippen LogP contribution is -2.27. The van der Waals surface area contributed by atoms with Gasteiger partial charge in [-0.25, -0.2) is 9.67 Å². The number of rotatable bonds is 7. The van der Waals surface area contributed by atoms with E-state index < -0.39 is 5.97 Å². The number of pyridine rings is 2. The highest BCUT2D eigenvalue weighted by atomic mass is 32.1. The van der Waals surface area contributed by atoms with Gasteiger partial charge in [0.1, 0.15) is 5.52 Å². The van der Waals surface area contributed by atoms with E-state index >= 15 is 0 Å². The minimum atomic E-state index is -0.841. The Hall–Kier alpha value is -3.69. The first kappa shape index (κ1) is 25.6. The number of fused-ring (bicyclic) bond motifs is 3. The second-order valence-corrected chi connectivity index (χ2v) is 11.6. The number of aryl methyl sites for hydroxylation is 2. The second-order valence-electron chi connectivity index (χ2n) is 10.7. The molecule has 5 aromatic rings. The van der Waals surface area contributed by atoms with Crippen LogP contribution in [-0.4, -0.2) is 47.5 Å². The van der Waals surface area contributed by atoms with Crippen molar-refractivity contribution < 1.29 is 9.90 Å². The number of carboxylic acid groups (broad SMARTS) is 1. The van der Waals surface area contributed by atoms with Gasteiger partial charge in [-0.3, -0.25) is 14.7 Å². The van der Waals surface area contributed by atoms with Crippen LogP contribution in [0.2, 0.25) is 0 Å². The van der Waals surface area contributed by atoms with Gasteiger partial charge in [0.05, 0.1) is 12.1 Å². The number of aromatic nitrogens is 5. The molecule has 1 aromatic carbocycles. The number of thiophene rings is 1. The molecular weight excluding hydrogens is 508 g/mol. The van der Waals surface area contributed by atoms with E-state index in [0.29, 0.717) is 17.1 Å². The standard InChI is InChI=1S/C30H32N6O2S/c1-4-19-10-20-6-5-8-31-26(20)17-36(15-19)16-23-12-22(11-21-7-9-39-29(21)23)24(13-27(37)38)25-14-32-30-28(18(25)2)33-34-35(30)3/h5-9,11-12,14,19,24H,4,10,13,15-17H2,1-3H3,(H,37,38)/t19-,24+/m0/s1. The number of nitrogens with zero attached hydrogens (tertiary/aromatic N) is 6. The highest BCUT2D eigenvalue weighted by Gasteiger charge is 2.26. The Kier molecular flexibility index (Phi) is 6.86. The molecule has 0 aliphatic carbocycles. The first-order valence-corrected chi connectivity index (χ1v) is 14.3. The van der Waals surface area contributed by atoms with Gasteiger partial charge in [-0.1, -0.05) is 30.7 Å². The average Bonchev–Trinajstić information content (AvgIpc) is 3.50. The predicted octanol–water partition coefficient (Wildman–Crippen LogP) is 5.47. The molecule has 0 saturated heterocycles. The van der Waals surface area contributed by atoms with E-state index in [-0.39, 0.29) is 12.3 Å². The summed E-state index contributed by atoms with van der Waals surface area (Å²) in [7, 11) is 1.81. The van der Waals surface area contributed by atoms with Crippen LogP contribution in [0.3, 0.4) is 0 Å². The Morgan fingerprint density at radius 1 is 1.26 bits per heavy atom. The predicted molar refractivity (Wildman–Crippen MR) is 153 cm³/mol. The zero-order valence-electron chi connectivity index (χ0n) is 22.5. The number of benzene rings is 1. The first-order valence-electron chi connectivity index (χ1n) is 13.4. The lowest BCUT2D eigenvalue weighted by atomic mass is 9.85. The van der Waals surface area contributed by atoms with E-state index in [2.05, 4.69) is 56.8 Å². The van der Waals surface area contributed by atoms with Gasteiger partial charge in [0.2, 0.25) is 0 Å². The maximum absolute atomic E-state index is 12.1. The van der Waals surface area contributed by atoms with E-state index in [9.17, 15) is 9.90 Å². The van der Waals surface area contributed by atoms with E-state index in [1.54, 1.807) is 22.2 Å². The summed E-state index contributed by atoms with van der Waals surface area (Å²) < 4.78 is 2.90. The highest BCUT2D eigenvalue weighted by Crippen LogP contribution is 2.37. The smallest absolute Gasteiger partial charge is 0.304 e. The van der Waals surface area contributed by atoms with Crippen LogP contribution in [0.5, 0.6) is 0 Å². The summed E-state index contributed by atoms with van der Waals surface area (Å²) in [5.74, 6) is -0.615. The third kappa shape index (κ3) is 4.92. The van der Waals surface area contributed by atoms with Crippen molar-refractivity contribution in [3.63, 3.8) is 0 Å². The van der Waals surface area contributed by atoms with Crippen molar-refractivity contribution >= 4 is 38.6 Å². The van der Waals surface area contributed by atoms with Crippen LogP contribution in [0.25, 0.3) is 21.3 Å². The van der Waals surface area contributed by atoms with Crippen LogP contribution in [0.15, 0.2) is 48.1 Å². The van der Waals surface area contributed by atoms with Gasteiger partial charge in [0, 0.05) is 49.7 Å². The van der Waals surface area contributed by atoms with Gasteiger partial charge in [0.25, 0.3) is 0 Å². The molecule has 0 unspecified atom stereocenters. The molecule has 0 bridgehead atoms. The van der Waals surface area contributed by atoms with E-state index in [1.807, 2.05) is 26.2 Å². The third-order valence-corrected chi connectivity index (χ3v) is 9.08.